The number of hydrogen-bond donors (Lipinski definition) is 2. The van der Waals surface area contributed by atoms with Crippen molar-refractivity contribution in [3.63, 3.8) is 0 Å². The van der Waals surface area contributed by atoms with E-state index in [1.165, 1.54) is 12.1 Å². The van der Waals surface area contributed by atoms with Crippen LogP contribution in [0.2, 0.25) is 0 Å². The Balaban J connectivity index is 2.27. The summed E-state index contributed by atoms with van der Waals surface area (Å²) in [4.78, 5) is 13.3. The van der Waals surface area contributed by atoms with Gasteiger partial charge in [0.05, 0.1) is 17.9 Å². The first-order chi connectivity index (χ1) is 7.70. The maximum Gasteiger partial charge on any atom is 0.243 e. The van der Waals surface area contributed by atoms with Crippen LogP contribution in [0.1, 0.15) is 0 Å². The topological polar surface area (TPSA) is 44.4 Å². The van der Waals surface area contributed by atoms with E-state index in [4.69, 9.17) is 0 Å². The molecule has 4 nitrogen and oxygen atoms in total. The predicted molar refractivity (Wildman–Crippen MR) is 61.2 cm³/mol. The van der Waals surface area contributed by atoms with Crippen LogP contribution < -0.4 is 15.5 Å². The molecule has 1 aliphatic rings. The summed E-state index contributed by atoms with van der Waals surface area (Å²) in [5, 5.41) is 5.69. The average Bonchev–Trinajstić information content (AvgIpc) is 2.25. The number of halogens is 1. The smallest absolute Gasteiger partial charge is 0.243 e. The zero-order valence-electron chi connectivity index (χ0n) is 9.09. The zero-order valence-corrected chi connectivity index (χ0v) is 9.09. The monoisotopic (exact) mass is 223 g/mol. The van der Waals surface area contributed by atoms with Gasteiger partial charge in [0.25, 0.3) is 0 Å². The molecule has 1 aliphatic heterocycles. The number of benzene rings is 1. The third kappa shape index (κ3) is 2.14. The standard InChI is InChI=1S/C11H14FN3O/c1-13-4-5-15-7-11(16)14-9-6-8(12)2-3-10(9)15/h2-3,6,13H,4-5,7H2,1H3,(H,14,16). The van der Waals surface area contributed by atoms with Crippen molar-refractivity contribution >= 4 is 17.3 Å². The second-order valence-corrected chi connectivity index (χ2v) is 3.73. The Hall–Kier alpha value is -1.62. The Kier molecular flexibility index (Phi) is 3.05. The van der Waals surface area contributed by atoms with E-state index >= 15 is 0 Å². The van der Waals surface area contributed by atoms with E-state index < -0.39 is 0 Å². The van der Waals surface area contributed by atoms with Crippen LogP contribution in [0.15, 0.2) is 18.2 Å². The van der Waals surface area contributed by atoms with Crippen LogP contribution in [0.25, 0.3) is 0 Å². The number of carbonyl (C=O) groups is 1. The lowest BCUT2D eigenvalue weighted by atomic mass is 10.2. The molecule has 2 N–H and O–H groups in total. The van der Waals surface area contributed by atoms with E-state index in [0.717, 1.165) is 18.8 Å². The van der Waals surface area contributed by atoms with E-state index in [2.05, 4.69) is 10.6 Å². The van der Waals surface area contributed by atoms with Gasteiger partial charge >= 0.3 is 0 Å². The quantitative estimate of drug-likeness (QED) is 0.796. The van der Waals surface area contributed by atoms with Gasteiger partial charge in [0.15, 0.2) is 0 Å². The minimum Gasteiger partial charge on any atom is -0.359 e. The summed E-state index contributed by atoms with van der Waals surface area (Å²) in [5.41, 5.74) is 1.42. The molecule has 0 saturated carbocycles. The molecular weight excluding hydrogens is 209 g/mol. The Bertz CT molecular complexity index is 408. The molecule has 0 spiro atoms. The molecule has 0 bridgehead atoms. The molecule has 86 valence electrons. The van der Waals surface area contributed by atoms with Gasteiger partial charge in [0, 0.05) is 13.1 Å². The number of likely N-dealkylation sites (N-methyl/N-ethyl adjacent to an activating group) is 1. The van der Waals surface area contributed by atoms with E-state index in [1.54, 1.807) is 6.07 Å². The first-order valence-electron chi connectivity index (χ1n) is 5.19. The minimum absolute atomic E-state index is 0.103. The maximum absolute atomic E-state index is 13.0. The SMILES string of the molecule is CNCCN1CC(=O)Nc2cc(F)ccc21. The van der Waals surface area contributed by atoms with Gasteiger partial charge in [-0.2, -0.15) is 0 Å². The molecule has 0 atom stereocenters. The summed E-state index contributed by atoms with van der Waals surface area (Å²) in [6, 6.07) is 4.45. The van der Waals surface area contributed by atoms with Crippen LogP contribution in [0.5, 0.6) is 0 Å². The molecule has 1 amide bonds. The molecule has 0 aromatic heterocycles. The van der Waals surface area contributed by atoms with Crippen LogP contribution in [-0.4, -0.2) is 32.6 Å². The van der Waals surface area contributed by atoms with Crippen molar-refractivity contribution in [2.75, 3.05) is 36.9 Å². The molecule has 0 saturated heterocycles. The highest BCUT2D eigenvalue weighted by Crippen LogP contribution is 2.29. The lowest BCUT2D eigenvalue weighted by Crippen LogP contribution is -2.41. The Labute approximate surface area is 93.4 Å². The van der Waals surface area contributed by atoms with Crippen molar-refractivity contribution < 1.29 is 9.18 Å². The summed E-state index contributed by atoms with van der Waals surface area (Å²) in [7, 11) is 1.86. The van der Waals surface area contributed by atoms with Gasteiger partial charge in [-0.15, -0.1) is 0 Å². The van der Waals surface area contributed by atoms with Gasteiger partial charge in [0.2, 0.25) is 5.91 Å². The number of amides is 1. The van der Waals surface area contributed by atoms with Crippen LogP contribution >= 0.6 is 0 Å². The van der Waals surface area contributed by atoms with Crippen LogP contribution in [0, 0.1) is 5.82 Å². The highest BCUT2D eigenvalue weighted by molar-refractivity contribution is 6.01. The fraction of sp³-hybridized carbons (Fsp3) is 0.364. The number of nitrogens with one attached hydrogen (secondary N) is 2. The summed E-state index contributed by atoms with van der Waals surface area (Å²) in [6.45, 7) is 1.83. The van der Waals surface area contributed by atoms with E-state index in [-0.39, 0.29) is 11.7 Å². The van der Waals surface area contributed by atoms with Crippen molar-refractivity contribution in [3.8, 4) is 0 Å². The highest BCUT2D eigenvalue weighted by atomic mass is 19.1. The summed E-state index contributed by atoms with van der Waals surface area (Å²) in [5.74, 6) is -0.441. The molecule has 5 heteroatoms. The molecule has 0 unspecified atom stereocenters. The van der Waals surface area contributed by atoms with Gasteiger partial charge in [-0.25, -0.2) is 4.39 Å². The fourth-order valence-electron chi connectivity index (χ4n) is 1.78. The van der Waals surface area contributed by atoms with Crippen molar-refractivity contribution in [3.05, 3.63) is 24.0 Å². The van der Waals surface area contributed by atoms with Gasteiger partial charge in [-0.05, 0) is 25.2 Å². The lowest BCUT2D eigenvalue weighted by molar-refractivity contribution is -0.115. The molecule has 1 heterocycles. The normalized spacial score (nSPS) is 14.6. The van der Waals surface area contributed by atoms with Gasteiger partial charge in [-0.1, -0.05) is 0 Å². The molecule has 0 fully saturated rings. The van der Waals surface area contributed by atoms with E-state index in [9.17, 15) is 9.18 Å². The highest BCUT2D eigenvalue weighted by Gasteiger charge is 2.21. The average molecular weight is 223 g/mol. The van der Waals surface area contributed by atoms with Gasteiger partial charge in [-0.3, -0.25) is 4.79 Å². The van der Waals surface area contributed by atoms with Crippen LogP contribution in [-0.2, 0) is 4.79 Å². The summed E-state index contributed by atoms with van der Waals surface area (Å²) in [6.07, 6.45) is 0. The van der Waals surface area contributed by atoms with Crippen LogP contribution in [0.3, 0.4) is 0 Å². The molecule has 0 aliphatic carbocycles. The zero-order chi connectivity index (χ0) is 11.5. The minimum atomic E-state index is -0.338. The molecule has 0 radical (unpaired) electrons. The number of carbonyl (C=O) groups excluding carboxylic acids is 1. The van der Waals surface area contributed by atoms with Crippen molar-refractivity contribution in [1.29, 1.82) is 0 Å². The number of anilines is 2. The van der Waals surface area contributed by atoms with Gasteiger partial charge in [0.1, 0.15) is 5.82 Å². The number of rotatable bonds is 3. The second-order valence-electron chi connectivity index (χ2n) is 3.73. The Morgan fingerprint density at radius 2 is 2.38 bits per heavy atom. The first kappa shape index (κ1) is 10.9. The van der Waals surface area contributed by atoms with E-state index in [0.29, 0.717) is 12.2 Å². The second kappa shape index (κ2) is 4.49. The van der Waals surface area contributed by atoms with Gasteiger partial charge < -0.3 is 15.5 Å². The van der Waals surface area contributed by atoms with E-state index in [1.807, 2.05) is 11.9 Å². The molecule has 16 heavy (non-hydrogen) atoms. The first-order valence-corrected chi connectivity index (χ1v) is 5.19. The lowest BCUT2D eigenvalue weighted by Gasteiger charge is -2.30. The molecule has 2 rings (SSSR count). The third-order valence-electron chi connectivity index (χ3n) is 2.54. The molecule has 1 aromatic carbocycles. The third-order valence-corrected chi connectivity index (χ3v) is 2.54. The Morgan fingerprint density at radius 3 is 3.12 bits per heavy atom. The molecule has 1 aromatic rings. The largest absolute Gasteiger partial charge is 0.359 e. The molecular formula is C11H14FN3O. The summed E-state index contributed by atoms with van der Waals surface area (Å²) < 4.78 is 13.0. The summed E-state index contributed by atoms with van der Waals surface area (Å²) >= 11 is 0. The number of hydrogen-bond acceptors (Lipinski definition) is 3. The van der Waals surface area contributed by atoms with Crippen molar-refractivity contribution in [2.24, 2.45) is 0 Å². The van der Waals surface area contributed by atoms with Crippen molar-refractivity contribution in [1.82, 2.24) is 5.32 Å². The number of fused-ring (bicyclic) bond motifs is 1. The van der Waals surface area contributed by atoms with Crippen LogP contribution in [0.4, 0.5) is 15.8 Å². The fourth-order valence-corrected chi connectivity index (χ4v) is 1.78. The number of nitrogens with zero attached hydrogens (tertiary/aromatic N) is 1. The van der Waals surface area contributed by atoms with Crippen molar-refractivity contribution in [2.45, 2.75) is 0 Å². The predicted octanol–water partition coefficient (Wildman–Crippen LogP) is 0.804. The Morgan fingerprint density at radius 1 is 1.56 bits per heavy atom. The maximum atomic E-state index is 13.0.